The van der Waals surface area contributed by atoms with E-state index < -0.39 is 5.82 Å². The standard InChI is InChI=1S/C17H13FN2OS/c18-12-4-1-3-11-6-7-13(19-16(11)12)17(21)20-9-8-14(20)15-5-2-10-22-15/h1-7,10,14H,8-9H2/t14-/m0/s1. The number of thiophene rings is 1. The third-order valence-electron chi connectivity index (χ3n) is 4.04. The van der Waals surface area contributed by atoms with Crippen molar-refractivity contribution in [2.45, 2.75) is 12.5 Å². The van der Waals surface area contributed by atoms with E-state index in [-0.39, 0.29) is 17.5 Å². The zero-order valence-corrected chi connectivity index (χ0v) is 12.5. The van der Waals surface area contributed by atoms with Crippen LogP contribution in [-0.4, -0.2) is 22.3 Å². The number of hydrogen-bond acceptors (Lipinski definition) is 3. The van der Waals surface area contributed by atoms with Crippen LogP contribution in [0.4, 0.5) is 4.39 Å². The van der Waals surface area contributed by atoms with Gasteiger partial charge in [-0.3, -0.25) is 4.79 Å². The van der Waals surface area contributed by atoms with Crippen LogP contribution in [0, 0.1) is 5.82 Å². The highest BCUT2D eigenvalue weighted by molar-refractivity contribution is 7.10. The minimum absolute atomic E-state index is 0.130. The predicted molar refractivity (Wildman–Crippen MR) is 84.4 cm³/mol. The van der Waals surface area contributed by atoms with Gasteiger partial charge in [0.2, 0.25) is 0 Å². The van der Waals surface area contributed by atoms with Crippen molar-refractivity contribution in [3.63, 3.8) is 0 Å². The van der Waals surface area contributed by atoms with Gasteiger partial charge in [-0.1, -0.05) is 24.3 Å². The lowest BCUT2D eigenvalue weighted by molar-refractivity contribution is 0.0462. The van der Waals surface area contributed by atoms with Crippen molar-refractivity contribution in [3.05, 3.63) is 64.2 Å². The number of aromatic nitrogens is 1. The number of likely N-dealkylation sites (tertiary alicyclic amines) is 1. The monoisotopic (exact) mass is 312 g/mol. The molecule has 0 radical (unpaired) electrons. The van der Waals surface area contributed by atoms with Crippen molar-refractivity contribution in [2.75, 3.05) is 6.54 Å². The molecule has 1 amide bonds. The summed E-state index contributed by atoms with van der Waals surface area (Å²) in [7, 11) is 0. The third kappa shape index (κ3) is 2.09. The number of halogens is 1. The van der Waals surface area contributed by atoms with Crippen molar-refractivity contribution in [2.24, 2.45) is 0 Å². The van der Waals surface area contributed by atoms with Crippen LogP contribution in [0.5, 0.6) is 0 Å². The van der Waals surface area contributed by atoms with E-state index in [1.807, 2.05) is 17.5 Å². The Labute approximate surface area is 131 Å². The SMILES string of the molecule is O=C(c1ccc2cccc(F)c2n1)N1CC[C@H]1c1cccs1. The number of carbonyl (C=O) groups excluding carboxylic acids is 1. The van der Waals surface area contributed by atoms with Gasteiger partial charge < -0.3 is 4.90 Å². The summed E-state index contributed by atoms with van der Waals surface area (Å²) in [6.45, 7) is 0.721. The Morgan fingerprint density at radius 1 is 1.23 bits per heavy atom. The Balaban J connectivity index is 1.67. The summed E-state index contributed by atoms with van der Waals surface area (Å²) in [4.78, 5) is 19.9. The zero-order valence-electron chi connectivity index (χ0n) is 11.7. The molecule has 1 saturated heterocycles. The molecule has 0 unspecified atom stereocenters. The maximum absolute atomic E-state index is 13.8. The first-order chi connectivity index (χ1) is 10.7. The second kappa shape index (κ2) is 5.18. The van der Waals surface area contributed by atoms with E-state index in [1.54, 1.807) is 40.5 Å². The van der Waals surface area contributed by atoms with Crippen LogP contribution in [0.15, 0.2) is 47.8 Å². The molecule has 0 spiro atoms. The maximum atomic E-state index is 13.8. The van der Waals surface area contributed by atoms with Crippen LogP contribution in [-0.2, 0) is 0 Å². The molecule has 3 nitrogen and oxygen atoms in total. The highest BCUT2D eigenvalue weighted by Crippen LogP contribution is 2.36. The number of carbonyl (C=O) groups is 1. The molecule has 1 aliphatic rings. The Morgan fingerprint density at radius 2 is 2.14 bits per heavy atom. The number of hydrogen-bond donors (Lipinski definition) is 0. The first-order valence-corrected chi connectivity index (χ1v) is 8.01. The fraction of sp³-hybridized carbons (Fsp3) is 0.176. The van der Waals surface area contributed by atoms with Gasteiger partial charge in [0.1, 0.15) is 17.0 Å². The Hall–Kier alpha value is -2.27. The van der Waals surface area contributed by atoms with Crippen LogP contribution >= 0.6 is 11.3 Å². The molecule has 0 aliphatic carbocycles. The van der Waals surface area contributed by atoms with Gasteiger partial charge in [0.25, 0.3) is 5.91 Å². The summed E-state index contributed by atoms with van der Waals surface area (Å²) in [5.74, 6) is -0.527. The van der Waals surface area contributed by atoms with Crippen molar-refractivity contribution >= 4 is 28.1 Å². The first-order valence-electron chi connectivity index (χ1n) is 7.14. The average Bonchev–Trinajstić information content (AvgIpc) is 3.00. The third-order valence-corrected chi connectivity index (χ3v) is 5.02. The predicted octanol–water partition coefficient (Wildman–Crippen LogP) is 4.02. The Kier molecular flexibility index (Phi) is 3.15. The largest absolute Gasteiger partial charge is 0.329 e. The van der Waals surface area contributed by atoms with Crippen LogP contribution in [0.3, 0.4) is 0 Å². The molecule has 0 bridgehead atoms. The van der Waals surface area contributed by atoms with Gasteiger partial charge in [-0.05, 0) is 30.0 Å². The smallest absolute Gasteiger partial charge is 0.273 e. The van der Waals surface area contributed by atoms with E-state index in [1.165, 1.54) is 10.9 Å². The van der Waals surface area contributed by atoms with E-state index in [4.69, 9.17) is 0 Å². The molecule has 1 aromatic carbocycles. The Bertz CT molecular complexity index is 847. The number of pyridine rings is 1. The topological polar surface area (TPSA) is 33.2 Å². The fourth-order valence-electron chi connectivity index (χ4n) is 2.78. The first kappa shape index (κ1) is 13.4. The normalized spacial score (nSPS) is 17.5. The van der Waals surface area contributed by atoms with Crippen molar-refractivity contribution in [3.8, 4) is 0 Å². The van der Waals surface area contributed by atoms with Crippen LogP contribution < -0.4 is 0 Å². The van der Waals surface area contributed by atoms with Crippen LogP contribution in [0.1, 0.15) is 27.8 Å². The molecular formula is C17H13FN2OS. The minimum Gasteiger partial charge on any atom is -0.329 e. The maximum Gasteiger partial charge on any atom is 0.273 e. The number of rotatable bonds is 2. The second-order valence-corrected chi connectivity index (χ2v) is 6.31. The second-order valence-electron chi connectivity index (χ2n) is 5.33. The van der Waals surface area contributed by atoms with Gasteiger partial charge in [0.05, 0.1) is 6.04 Å². The Morgan fingerprint density at radius 3 is 2.86 bits per heavy atom. The summed E-state index contributed by atoms with van der Waals surface area (Å²) in [5, 5.41) is 2.72. The van der Waals surface area contributed by atoms with Crippen LogP contribution in [0.2, 0.25) is 0 Å². The number of nitrogens with zero attached hydrogens (tertiary/aromatic N) is 2. The summed E-state index contributed by atoms with van der Waals surface area (Å²) in [6, 6.07) is 12.4. The van der Waals surface area contributed by atoms with Crippen LogP contribution in [0.25, 0.3) is 10.9 Å². The van der Waals surface area contributed by atoms with E-state index in [2.05, 4.69) is 4.98 Å². The molecule has 4 rings (SSSR count). The van der Waals surface area contributed by atoms with Gasteiger partial charge in [0.15, 0.2) is 0 Å². The number of para-hydroxylation sites is 1. The summed E-state index contributed by atoms with van der Waals surface area (Å²) in [6.07, 6.45) is 0.966. The quantitative estimate of drug-likeness (QED) is 0.716. The summed E-state index contributed by atoms with van der Waals surface area (Å²) >= 11 is 1.65. The molecule has 1 aliphatic heterocycles. The number of fused-ring (bicyclic) bond motifs is 1. The molecule has 0 N–H and O–H groups in total. The lowest BCUT2D eigenvalue weighted by Crippen LogP contribution is -2.45. The molecular weight excluding hydrogens is 299 g/mol. The average molecular weight is 312 g/mol. The zero-order chi connectivity index (χ0) is 15.1. The number of amides is 1. The lowest BCUT2D eigenvalue weighted by atomic mass is 10.0. The van der Waals surface area contributed by atoms with Gasteiger partial charge in [-0.15, -0.1) is 11.3 Å². The molecule has 2 aromatic heterocycles. The van der Waals surface area contributed by atoms with E-state index in [0.29, 0.717) is 11.1 Å². The molecule has 22 heavy (non-hydrogen) atoms. The summed E-state index contributed by atoms with van der Waals surface area (Å²) < 4.78 is 13.8. The molecule has 0 saturated carbocycles. The van der Waals surface area contributed by atoms with Gasteiger partial charge in [-0.25, -0.2) is 9.37 Å². The van der Waals surface area contributed by atoms with E-state index >= 15 is 0 Å². The van der Waals surface area contributed by atoms with E-state index in [0.717, 1.165) is 13.0 Å². The molecule has 1 fully saturated rings. The fourth-order valence-corrected chi connectivity index (χ4v) is 3.66. The molecule has 5 heteroatoms. The van der Waals surface area contributed by atoms with Crippen molar-refractivity contribution < 1.29 is 9.18 Å². The molecule has 1 atom stereocenters. The highest BCUT2D eigenvalue weighted by Gasteiger charge is 2.35. The highest BCUT2D eigenvalue weighted by atomic mass is 32.1. The summed E-state index contributed by atoms with van der Waals surface area (Å²) in [5.41, 5.74) is 0.556. The molecule has 3 aromatic rings. The van der Waals surface area contributed by atoms with E-state index in [9.17, 15) is 9.18 Å². The van der Waals surface area contributed by atoms with Gasteiger partial charge in [0, 0.05) is 16.8 Å². The van der Waals surface area contributed by atoms with Gasteiger partial charge in [-0.2, -0.15) is 0 Å². The van der Waals surface area contributed by atoms with Gasteiger partial charge >= 0.3 is 0 Å². The molecule has 110 valence electrons. The lowest BCUT2D eigenvalue weighted by Gasteiger charge is -2.40. The minimum atomic E-state index is -0.398. The van der Waals surface area contributed by atoms with Crippen molar-refractivity contribution in [1.29, 1.82) is 0 Å². The number of benzene rings is 1. The molecule has 3 heterocycles. The van der Waals surface area contributed by atoms with Crippen molar-refractivity contribution in [1.82, 2.24) is 9.88 Å².